The van der Waals surface area contributed by atoms with E-state index in [-0.39, 0.29) is 5.91 Å². The molecule has 3 aromatic heterocycles. The molecule has 0 bridgehead atoms. The first kappa shape index (κ1) is 15.1. The highest BCUT2D eigenvalue weighted by atomic mass is 16.4. The number of anilines is 1. The van der Waals surface area contributed by atoms with Gasteiger partial charge in [0.1, 0.15) is 5.58 Å². The SMILES string of the molecule is Cc1nn(C)c2ncc(C(=O)Nc3ccc4oc(=O)ccc4c3)cc12. The van der Waals surface area contributed by atoms with E-state index in [1.807, 2.05) is 14.0 Å². The molecule has 0 aliphatic heterocycles. The number of fused-ring (bicyclic) bond motifs is 2. The van der Waals surface area contributed by atoms with Crippen molar-refractivity contribution in [3.8, 4) is 0 Å². The van der Waals surface area contributed by atoms with E-state index >= 15 is 0 Å². The Balaban J connectivity index is 1.66. The van der Waals surface area contributed by atoms with Crippen molar-refractivity contribution in [3.63, 3.8) is 0 Å². The molecule has 0 radical (unpaired) electrons. The van der Waals surface area contributed by atoms with Crippen molar-refractivity contribution in [2.75, 3.05) is 5.32 Å². The molecule has 1 amide bonds. The maximum Gasteiger partial charge on any atom is 0.336 e. The maximum absolute atomic E-state index is 12.5. The molecule has 1 aromatic carbocycles. The maximum atomic E-state index is 12.5. The molecule has 0 atom stereocenters. The third-order valence-electron chi connectivity index (χ3n) is 4.00. The first-order valence-electron chi connectivity index (χ1n) is 7.66. The number of hydrogen-bond acceptors (Lipinski definition) is 5. The van der Waals surface area contributed by atoms with Crippen molar-refractivity contribution in [1.29, 1.82) is 0 Å². The van der Waals surface area contributed by atoms with Crippen molar-refractivity contribution in [1.82, 2.24) is 14.8 Å². The Morgan fingerprint density at radius 2 is 2.04 bits per heavy atom. The number of hydrogen-bond donors (Lipinski definition) is 1. The zero-order chi connectivity index (χ0) is 17.6. The van der Waals surface area contributed by atoms with Gasteiger partial charge in [0, 0.05) is 35.8 Å². The monoisotopic (exact) mass is 334 g/mol. The molecule has 0 aliphatic rings. The van der Waals surface area contributed by atoms with Gasteiger partial charge in [-0.25, -0.2) is 9.78 Å². The minimum absolute atomic E-state index is 0.269. The number of carbonyl (C=O) groups excluding carboxylic acids is 1. The molecule has 0 unspecified atom stereocenters. The van der Waals surface area contributed by atoms with Crippen LogP contribution < -0.4 is 10.9 Å². The molecule has 0 aliphatic carbocycles. The lowest BCUT2D eigenvalue weighted by molar-refractivity contribution is 0.102. The van der Waals surface area contributed by atoms with Gasteiger partial charge in [0.05, 0.1) is 11.3 Å². The number of pyridine rings is 1. The summed E-state index contributed by atoms with van der Waals surface area (Å²) in [5.41, 5.74) is 2.67. The van der Waals surface area contributed by atoms with Crippen LogP contribution in [-0.2, 0) is 7.05 Å². The van der Waals surface area contributed by atoms with Crippen molar-refractivity contribution in [2.24, 2.45) is 7.05 Å². The number of aryl methyl sites for hydroxylation is 2. The van der Waals surface area contributed by atoms with Crippen molar-refractivity contribution in [3.05, 3.63) is 64.3 Å². The van der Waals surface area contributed by atoms with E-state index in [9.17, 15) is 9.59 Å². The zero-order valence-corrected chi connectivity index (χ0v) is 13.6. The van der Waals surface area contributed by atoms with Gasteiger partial charge in [-0.15, -0.1) is 0 Å². The van der Waals surface area contributed by atoms with Crippen molar-refractivity contribution < 1.29 is 9.21 Å². The fourth-order valence-electron chi connectivity index (χ4n) is 2.78. The molecule has 4 rings (SSSR count). The summed E-state index contributed by atoms with van der Waals surface area (Å²) in [6.45, 7) is 1.88. The Bertz CT molecular complexity index is 1190. The summed E-state index contributed by atoms with van der Waals surface area (Å²) in [5, 5.41) is 8.71. The normalized spacial score (nSPS) is 11.1. The van der Waals surface area contributed by atoms with Crippen molar-refractivity contribution >= 4 is 33.6 Å². The summed E-state index contributed by atoms with van der Waals surface area (Å²) >= 11 is 0. The summed E-state index contributed by atoms with van der Waals surface area (Å²) in [7, 11) is 1.82. The van der Waals surface area contributed by atoms with E-state index in [1.54, 1.807) is 35.0 Å². The Morgan fingerprint density at radius 3 is 2.88 bits per heavy atom. The number of aromatic nitrogens is 3. The molecule has 1 N–H and O–H groups in total. The highest BCUT2D eigenvalue weighted by molar-refractivity contribution is 6.06. The smallest absolute Gasteiger partial charge is 0.336 e. The molecule has 3 heterocycles. The molecule has 25 heavy (non-hydrogen) atoms. The van der Waals surface area contributed by atoms with Crippen LogP contribution in [-0.4, -0.2) is 20.7 Å². The van der Waals surface area contributed by atoms with Crippen molar-refractivity contribution in [2.45, 2.75) is 6.92 Å². The predicted octanol–water partition coefficient (Wildman–Crippen LogP) is 2.64. The largest absolute Gasteiger partial charge is 0.423 e. The van der Waals surface area contributed by atoms with Crippen LogP contribution in [0.25, 0.3) is 22.0 Å². The van der Waals surface area contributed by atoms with Gasteiger partial charge in [0.15, 0.2) is 5.65 Å². The van der Waals surface area contributed by atoms with Crippen LogP contribution >= 0.6 is 0 Å². The number of rotatable bonds is 2. The average molecular weight is 334 g/mol. The van der Waals surface area contributed by atoms with E-state index in [1.165, 1.54) is 12.3 Å². The van der Waals surface area contributed by atoms with Gasteiger partial charge in [-0.2, -0.15) is 5.10 Å². The van der Waals surface area contributed by atoms with E-state index in [0.29, 0.717) is 16.8 Å². The predicted molar refractivity (Wildman–Crippen MR) is 93.7 cm³/mol. The highest BCUT2D eigenvalue weighted by Gasteiger charge is 2.12. The highest BCUT2D eigenvalue weighted by Crippen LogP contribution is 2.20. The fraction of sp³-hybridized carbons (Fsp3) is 0.111. The van der Waals surface area contributed by atoms with E-state index in [4.69, 9.17) is 4.42 Å². The number of amides is 1. The Kier molecular flexibility index (Phi) is 3.35. The van der Waals surface area contributed by atoms with Crippen LogP contribution in [0.5, 0.6) is 0 Å². The van der Waals surface area contributed by atoms with Crippen LogP contribution in [0.1, 0.15) is 16.1 Å². The lowest BCUT2D eigenvalue weighted by Gasteiger charge is -2.06. The van der Waals surface area contributed by atoms with Gasteiger partial charge < -0.3 is 9.73 Å². The summed E-state index contributed by atoms with van der Waals surface area (Å²) < 4.78 is 6.77. The molecular weight excluding hydrogens is 320 g/mol. The Hall–Kier alpha value is -3.48. The topological polar surface area (TPSA) is 90.0 Å². The van der Waals surface area contributed by atoms with Gasteiger partial charge in [0.25, 0.3) is 5.91 Å². The number of nitrogens with zero attached hydrogens (tertiary/aromatic N) is 3. The second-order valence-corrected chi connectivity index (χ2v) is 5.77. The van der Waals surface area contributed by atoms with Gasteiger partial charge in [0.2, 0.25) is 0 Å². The molecule has 4 aromatic rings. The first-order valence-corrected chi connectivity index (χ1v) is 7.66. The lowest BCUT2D eigenvalue weighted by atomic mass is 10.2. The summed E-state index contributed by atoms with van der Waals surface area (Å²) in [6.07, 6.45) is 1.53. The minimum atomic E-state index is -0.407. The van der Waals surface area contributed by atoms with Gasteiger partial charge >= 0.3 is 5.63 Å². The Morgan fingerprint density at radius 1 is 1.20 bits per heavy atom. The molecule has 0 saturated heterocycles. The van der Waals surface area contributed by atoms with Gasteiger partial charge in [-0.1, -0.05) is 0 Å². The van der Waals surface area contributed by atoms with Crippen LogP contribution in [0, 0.1) is 6.92 Å². The van der Waals surface area contributed by atoms with Crippen LogP contribution in [0.15, 0.2) is 51.8 Å². The van der Waals surface area contributed by atoms with Gasteiger partial charge in [-0.05, 0) is 37.3 Å². The molecule has 0 fully saturated rings. The van der Waals surface area contributed by atoms with Gasteiger partial charge in [-0.3, -0.25) is 9.48 Å². The second kappa shape index (κ2) is 5.55. The number of carbonyl (C=O) groups is 1. The molecule has 124 valence electrons. The molecule has 0 spiro atoms. The average Bonchev–Trinajstić information content (AvgIpc) is 2.89. The summed E-state index contributed by atoms with van der Waals surface area (Å²) in [6, 6.07) is 9.86. The fourth-order valence-corrected chi connectivity index (χ4v) is 2.78. The third-order valence-corrected chi connectivity index (χ3v) is 4.00. The quantitative estimate of drug-likeness (QED) is 0.569. The summed E-state index contributed by atoms with van der Waals surface area (Å²) in [5.74, 6) is -0.269. The Labute approximate surface area is 141 Å². The molecule has 7 nitrogen and oxygen atoms in total. The zero-order valence-electron chi connectivity index (χ0n) is 13.6. The van der Waals surface area contributed by atoms with E-state index in [2.05, 4.69) is 15.4 Å². The van der Waals surface area contributed by atoms with Crippen LogP contribution in [0.2, 0.25) is 0 Å². The molecule has 0 saturated carbocycles. The van der Waals surface area contributed by atoms with E-state index in [0.717, 1.165) is 22.1 Å². The van der Waals surface area contributed by atoms with Crippen LogP contribution in [0.3, 0.4) is 0 Å². The lowest BCUT2D eigenvalue weighted by Crippen LogP contribution is -2.12. The number of nitrogens with one attached hydrogen (secondary N) is 1. The standard InChI is InChI=1S/C18H14N4O3/c1-10-14-8-12(9-19-17(14)22(2)21-10)18(24)20-13-4-5-15-11(7-13)3-6-16(23)25-15/h3-9H,1-2H3,(H,20,24). The first-order chi connectivity index (χ1) is 12.0. The van der Waals surface area contributed by atoms with E-state index < -0.39 is 5.63 Å². The minimum Gasteiger partial charge on any atom is -0.423 e. The van der Waals surface area contributed by atoms with Crippen LogP contribution in [0.4, 0.5) is 5.69 Å². The number of benzene rings is 1. The second-order valence-electron chi connectivity index (χ2n) is 5.77. The summed E-state index contributed by atoms with van der Waals surface area (Å²) in [4.78, 5) is 28.0. The molecular formula is C18H14N4O3. The third kappa shape index (κ3) is 2.65. The molecule has 7 heteroatoms.